The molecular formula is C56H98O6. The molecule has 358 valence electrons. The number of allylic oxidation sites excluding steroid dienone is 10. The molecular weight excluding hydrogens is 769 g/mol. The molecule has 0 aromatic heterocycles. The summed E-state index contributed by atoms with van der Waals surface area (Å²) in [7, 11) is 0. The topological polar surface area (TPSA) is 78.9 Å². The van der Waals surface area contributed by atoms with Crippen molar-refractivity contribution in [2.75, 3.05) is 13.2 Å². The maximum absolute atomic E-state index is 12.8. The molecule has 62 heavy (non-hydrogen) atoms. The van der Waals surface area contributed by atoms with Crippen molar-refractivity contribution in [1.29, 1.82) is 0 Å². The van der Waals surface area contributed by atoms with Crippen molar-refractivity contribution in [1.82, 2.24) is 0 Å². The van der Waals surface area contributed by atoms with Crippen molar-refractivity contribution in [2.45, 2.75) is 264 Å². The van der Waals surface area contributed by atoms with Crippen LogP contribution < -0.4 is 0 Å². The van der Waals surface area contributed by atoms with Gasteiger partial charge in [-0.15, -0.1) is 0 Å². The van der Waals surface area contributed by atoms with Crippen LogP contribution in [0.2, 0.25) is 0 Å². The van der Waals surface area contributed by atoms with Gasteiger partial charge in [0.2, 0.25) is 0 Å². The smallest absolute Gasteiger partial charge is 0.306 e. The maximum atomic E-state index is 12.8. The van der Waals surface area contributed by atoms with E-state index < -0.39 is 6.10 Å². The van der Waals surface area contributed by atoms with Crippen LogP contribution in [0.4, 0.5) is 0 Å². The number of esters is 3. The molecule has 0 amide bonds. The Kier molecular flexibility index (Phi) is 48.4. The van der Waals surface area contributed by atoms with Crippen LogP contribution in [-0.4, -0.2) is 37.2 Å². The van der Waals surface area contributed by atoms with Gasteiger partial charge in [0.1, 0.15) is 13.2 Å². The molecule has 0 unspecified atom stereocenters. The van der Waals surface area contributed by atoms with Gasteiger partial charge in [-0.25, -0.2) is 0 Å². The van der Waals surface area contributed by atoms with Crippen LogP contribution in [-0.2, 0) is 28.6 Å². The average Bonchev–Trinajstić information content (AvgIpc) is 3.27. The summed E-state index contributed by atoms with van der Waals surface area (Å²) in [5.74, 6) is -0.908. The lowest BCUT2D eigenvalue weighted by Gasteiger charge is -2.18. The summed E-state index contributed by atoms with van der Waals surface area (Å²) < 4.78 is 16.8. The molecule has 0 aliphatic rings. The van der Waals surface area contributed by atoms with E-state index >= 15 is 0 Å². The van der Waals surface area contributed by atoms with E-state index in [9.17, 15) is 14.4 Å². The molecule has 0 bridgehead atoms. The molecule has 0 aliphatic heterocycles. The third-order valence-corrected chi connectivity index (χ3v) is 11.3. The third kappa shape index (κ3) is 48.1. The van der Waals surface area contributed by atoms with Gasteiger partial charge < -0.3 is 14.2 Å². The fraction of sp³-hybridized carbons (Fsp3) is 0.768. The van der Waals surface area contributed by atoms with Crippen LogP contribution in [0, 0.1) is 0 Å². The molecule has 0 aromatic rings. The Morgan fingerprint density at radius 2 is 0.645 bits per heavy atom. The largest absolute Gasteiger partial charge is 0.462 e. The molecule has 6 nitrogen and oxygen atoms in total. The molecule has 0 aromatic carbocycles. The second-order valence-electron chi connectivity index (χ2n) is 17.4. The summed E-state index contributed by atoms with van der Waals surface area (Å²) in [5, 5.41) is 0. The molecule has 0 N–H and O–H groups in total. The minimum Gasteiger partial charge on any atom is -0.462 e. The Labute approximate surface area is 383 Å². The highest BCUT2D eigenvalue weighted by Crippen LogP contribution is 2.15. The molecule has 6 heteroatoms. The standard InChI is InChI=1S/C56H98O6/c1-4-7-10-13-16-19-22-25-28-31-34-37-40-43-46-49-55(58)61-52-53(51-60-54(57)48-45-42-39-36-33-30-27-24-21-18-15-12-9-6-3)62-56(59)50-47-44-41-38-35-32-29-26-23-20-17-14-11-8-5-2/h7,10,15-16,18-19,24-25,27-28,53H,4-6,8-9,11-14,17,20-23,26,29-52H2,1-3H3/b10-7-,18-15-,19-16-,27-24-,28-25-/t53-/m1/s1. The summed E-state index contributed by atoms with van der Waals surface area (Å²) in [5.41, 5.74) is 0. The first-order chi connectivity index (χ1) is 30.5. The van der Waals surface area contributed by atoms with Gasteiger partial charge in [0.25, 0.3) is 0 Å². The second-order valence-corrected chi connectivity index (χ2v) is 17.4. The van der Waals surface area contributed by atoms with Crippen molar-refractivity contribution in [2.24, 2.45) is 0 Å². The minimum atomic E-state index is -0.784. The van der Waals surface area contributed by atoms with Gasteiger partial charge >= 0.3 is 17.9 Å². The first-order valence-electron chi connectivity index (χ1n) is 26.3. The van der Waals surface area contributed by atoms with E-state index in [1.807, 2.05) is 0 Å². The SMILES string of the molecule is CC/C=C\C/C=C\C/C=C\CCCCCCCC(=O)OC[C@@H](COC(=O)CCCCCCC/C=C\C/C=C\CCCC)OC(=O)CCCCCCCCCCCCCCCCC. The van der Waals surface area contributed by atoms with Crippen LogP contribution >= 0.6 is 0 Å². The van der Waals surface area contributed by atoms with Crippen molar-refractivity contribution >= 4 is 17.9 Å². The van der Waals surface area contributed by atoms with Gasteiger partial charge in [0.15, 0.2) is 6.10 Å². The molecule has 1 atom stereocenters. The zero-order valence-electron chi connectivity index (χ0n) is 40.9. The van der Waals surface area contributed by atoms with Crippen molar-refractivity contribution in [3.05, 3.63) is 60.8 Å². The minimum absolute atomic E-state index is 0.0854. The molecule has 0 rings (SSSR count). The fourth-order valence-electron chi connectivity index (χ4n) is 7.30. The van der Waals surface area contributed by atoms with E-state index in [2.05, 4.69) is 81.5 Å². The normalized spacial score (nSPS) is 12.5. The van der Waals surface area contributed by atoms with E-state index in [1.54, 1.807) is 0 Å². The predicted molar refractivity (Wildman–Crippen MR) is 265 cm³/mol. The van der Waals surface area contributed by atoms with Gasteiger partial charge in [-0.2, -0.15) is 0 Å². The fourth-order valence-corrected chi connectivity index (χ4v) is 7.30. The highest BCUT2D eigenvalue weighted by molar-refractivity contribution is 5.71. The zero-order chi connectivity index (χ0) is 45.1. The van der Waals surface area contributed by atoms with Gasteiger partial charge in [-0.3, -0.25) is 14.4 Å². The van der Waals surface area contributed by atoms with Crippen LogP contribution in [0.15, 0.2) is 60.8 Å². The summed E-state index contributed by atoms with van der Waals surface area (Å²) in [4.78, 5) is 38.0. The molecule has 0 heterocycles. The lowest BCUT2D eigenvalue weighted by molar-refractivity contribution is -0.167. The molecule has 0 radical (unpaired) electrons. The Balaban J connectivity index is 4.41. The lowest BCUT2D eigenvalue weighted by Crippen LogP contribution is -2.30. The predicted octanol–water partition coefficient (Wildman–Crippen LogP) is 17.3. The Morgan fingerprint density at radius 1 is 0.339 bits per heavy atom. The van der Waals surface area contributed by atoms with Gasteiger partial charge in [-0.05, 0) is 77.0 Å². The van der Waals surface area contributed by atoms with E-state index in [0.29, 0.717) is 19.3 Å². The van der Waals surface area contributed by atoms with E-state index in [-0.39, 0.29) is 31.1 Å². The van der Waals surface area contributed by atoms with Gasteiger partial charge in [-0.1, -0.05) is 223 Å². The van der Waals surface area contributed by atoms with Crippen LogP contribution in [0.3, 0.4) is 0 Å². The number of carbonyl (C=O) groups excluding carboxylic acids is 3. The first-order valence-corrected chi connectivity index (χ1v) is 26.3. The van der Waals surface area contributed by atoms with Crippen molar-refractivity contribution in [3.63, 3.8) is 0 Å². The third-order valence-electron chi connectivity index (χ3n) is 11.3. The number of rotatable bonds is 47. The molecule has 0 saturated carbocycles. The zero-order valence-corrected chi connectivity index (χ0v) is 40.9. The summed E-state index contributed by atoms with van der Waals surface area (Å²) in [6.45, 7) is 6.47. The van der Waals surface area contributed by atoms with Crippen molar-refractivity contribution in [3.8, 4) is 0 Å². The quantitative estimate of drug-likeness (QED) is 0.0262. The maximum Gasteiger partial charge on any atom is 0.306 e. The van der Waals surface area contributed by atoms with E-state index in [0.717, 1.165) is 116 Å². The van der Waals surface area contributed by atoms with Gasteiger partial charge in [0, 0.05) is 19.3 Å². The Morgan fingerprint density at radius 3 is 1.03 bits per heavy atom. The molecule has 0 saturated heterocycles. The highest BCUT2D eigenvalue weighted by Gasteiger charge is 2.19. The summed E-state index contributed by atoms with van der Waals surface area (Å²) in [6, 6.07) is 0. The summed E-state index contributed by atoms with van der Waals surface area (Å²) >= 11 is 0. The number of ether oxygens (including phenoxy) is 3. The Bertz CT molecular complexity index is 1130. The molecule has 0 fully saturated rings. The van der Waals surface area contributed by atoms with Crippen LogP contribution in [0.1, 0.15) is 258 Å². The summed E-state index contributed by atoms with van der Waals surface area (Å²) in [6.07, 6.45) is 62.0. The second kappa shape index (κ2) is 50.8. The monoisotopic (exact) mass is 867 g/mol. The van der Waals surface area contributed by atoms with Crippen LogP contribution in [0.25, 0.3) is 0 Å². The van der Waals surface area contributed by atoms with E-state index in [4.69, 9.17) is 14.2 Å². The van der Waals surface area contributed by atoms with Crippen molar-refractivity contribution < 1.29 is 28.6 Å². The number of unbranched alkanes of at least 4 members (excludes halogenated alkanes) is 26. The first kappa shape index (κ1) is 59.1. The Hall–Kier alpha value is -2.89. The van der Waals surface area contributed by atoms with E-state index in [1.165, 1.54) is 103 Å². The lowest BCUT2D eigenvalue weighted by atomic mass is 10.0. The number of hydrogen-bond donors (Lipinski definition) is 0. The molecule has 0 aliphatic carbocycles. The number of carbonyl (C=O) groups is 3. The van der Waals surface area contributed by atoms with Crippen LogP contribution in [0.5, 0.6) is 0 Å². The molecule has 0 spiro atoms. The van der Waals surface area contributed by atoms with Gasteiger partial charge in [0.05, 0.1) is 0 Å². The highest BCUT2D eigenvalue weighted by atomic mass is 16.6. The number of hydrogen-bond acceptors (Lipinski definition) is 6. The average molecular weight is 867 g/mol.